The summed E-state index contributed by atoms with van der Waals surface area (Å²) in [5.74, 6) is 3.33. The van der Waals surface area contributed by atoms with Gasteiger partial charge in [-0.2, -0.15) is 0 Å². The molecule has 142 valence electrons. The van der Waals surface area contributed by atoms with Gasteiger partial charge in [0.25, 0.3) is 0 Å². The van der Waals surface area contributed by atoms with Gasteiger partial charge in [-0.3, -0.25) is 9.59 Å². The van der Waals surface area contributed by atoms with Crippen LogP contribution in [0.1, 0.15) is 6.42 Å². The molecule has 0 N–H and O–H groups in total. The van der Waals surface area contributed by atoms with Gasteiger partial charge in [0.2, 0.25) is 11.6 Å². The van der Waals surface area contributed by atoms with E-state index in [0.29, 0.717) is 0 Å². The van der Waals surface area contributed by atoms with E-state index in [-0.39, 0.29) is 11.6 Å². The minimum absolute atomic E-state index is 0.350. The van der Waals surface area contributed by atoms with E-state index in [2.05, 4.69) is 12.2 Å². The maximum absolute atomic E-state index is 10.9. The summed E-state index contributed by atoms with van der Waals surface area (Å²) in [5.41, 5.74) is 2.33. The number of allylic oxidation sites excluding steroid dienone is 20. The highest BCUT2D eigenvalue weighted by molar-refractivity contribution is 6.04. The number of carbonyl (C=O) groups excluding carboxylic acids is 2. The van der Waals surface area contributed by atoms with Crippen LogP contribution in [0.15, 0.2) is 121 Å². The van der Waals surface area contributed by atoms with E-state index in [0.717, 1.165) is 12.0 Å². The maximum Gasteiger partial charge on any atom is 0.228 e. The van der Waals surface area contributed by atoms with Crippen molar-refractivity contribution in [1.82, 2.24) is 0 Å². The lowest BCUT2D eigenvalue weighted by atomic mass is 10.0. The maximum atomic E-state index is 10.9. The van der Waals surface area contributed by atoms with Crippen molar-refractivity contribution in [3.63, 3.8) is 0 Å². The van der Waals surface area contributed by atoms with Crippen molar-refractivity contribution in [3.05, 3.63) is 121 Å². The molecule has 0 fully saturated rings. The van der Waals surface area contributed by atoms with Crippen LogP contribution in [0.5, 0.6) is 0 Å². The molecule has 1 rings (SSSR count). The fourth-order valence-electron chi connectivity index (χ4n) is 2.07. The molecule has 0 aromatic rings. The zero-order valence-electron chi connectivity index (χ0n) is 16.1. The number of hydrogen-bond acceptors (Lipinski definition) is 2. The molecule has 29 heavy (non-hydrogen) atoms. The van der Waals surface area contributed by atoms with E-state index in [1.807, 2.05) is 72.6 Å². The lowest BCUT2D eigenvalue weighted by Crippen LogP contribution is -1.82. The fraction of sp³-hybridized carbons (Fsp3) is 0.0370. The molecule has 0 bridgehead atoms. The highest BCUT2D eigenvalue weighted by Gasteiger charge is 1.97. The van der Waals surface area contributed by atoms with Crippen LogP contribution in [0.25, 0.3) is 0 Å². The average molecular weight is 378 g/mol. The van der Waals surface area contributed by atoms with Crippen LogP contribution >= 0.6 is 0 Å². The monoisotopic (exact) mass is 378 g/mol. The molecule has 1 aliphatic rings. The molecule has 0 heterocycles. The first-order valence-corrected chi connectivity index (χ1v) is 8.92. The van der Waals surface area contributed by atoms with Gasteiger partial charge in [-0.1, -0.05) is 97.2 Å². The Morgan fingerprint density at radius 3 is 1.45 bits per heavy atom. The van der Waals surface area contributed by atoms with E-state index in [1.54, 1.807) is 24.3 Å². The zero-order valence-corrected chi connectivity index (χ0v) is 16.1. The molecular weight excluding hydrogens is 356 g/mol. The summed E-state index contributed by atoms with van der Waals surface area (Å²) < 4.78 is 0. The number of terminal acetylenes is 2. The molecular formula is C27H22O2. The molecule has 0 radical (unpaired) electrons. The second-order valence-corrected chi connectivity index (χ2v) is 5.65. The molecule has 2 heteroatoms. The molecule has 0 saturated carbocycles. The number of rotatable bonds is 9. The third kappa shape index (κ3) is 12.0. The van der Waals surface area contributed by atoms with Crippen LogP contribution in [0.4, 0.5) is 0 Å². The smallest absolute Gasteiger partial charge is 0.228 e. The molecule has 0 spiro atoms. The summed E-state index contributed by atoms with van der Waals surface area (Å²) in [6.45, 7) is 0. The first-order chi connectivity index (χ1) is 14.2. The highest BCUT2D eigenvalue weighted by atomic mass is 16.1. The van der Waals surface area contributed by atoms with Gasteiger partial charge in [0.1, 0.15) is 0 Å². The fourth-order valence-corrected chi connectivity index (χ4v) is 2.07. The van der Waals surface area contributed by atoms with Crippen molar-refractivity contribution in [1.29, 1.82) is 0 Å². The van der Waals surface area contributed by atoms with Gasteiger partial charge < -0.3 is 0 Å². The van der Waals surface area contributed by atoms with Crippen molar-refractivity contribution in [2.75, 3.05) is 0 Å². The van der Waals surface area contributed by atoms with Crippen molar-refractivity contribution in [2.45, 2.75) is 6.42 Å². The summed E-state index contributed by atoms with van der Waals surface area (Å²) in [7, 11) is 0. The van der Waals surface area contributed by atoms with Crippen LogP contribution < -0.4 is 0 Å². The summed E-state index contributed by atoms with van der Waals surface area (Å²) in [5, 5.41) is 0. The number of carbonyl (C=O) groups is 2. The van der Waals surface area contributed by atoms with Crippen LogP contribution in [-0.4, -0.2) is 11.6 Å². The van der Waals surface area contributed by atoms with Gasteiger partial charge in [-0.15, -0.1) is 12.8 Å². The third-order valence-corrected chi connectivity index (χ3v) is 3.43. The van der Waals surface area contributed by atoms with Crippen LogP contribution in [0.2, 0.25) is 0 Å². The molecule has 0 atom stereocenters. The van der Waals surface area contributed by atoms with Crippen molar-refractivity contribution >= 4 is 11.6 Å². The number of hydrogen-bond donors (Lipinski definition) is 0. The molecule has 0 aromatic heterocycles. The first-order valence-electron chi connectivity index (χ1n) is 8.92. The Balaban J connectivity index is 2.53. The molecule has 0 unspecified atom stereocenters. The van der Waals surface area contributed by atoms with E-state index in [9.17, 15) is 9.59 Å². The Morgan fingerprint density at radius 2 is 1.03 bits per heavy atom. The van der Waals surface area contributed by atoms with Crippen LogP contribution in [0.3, 0.4) is 0 Å². The van der Waals surface area contributed by atoms with Gasteiger partial charge in [-0.25, -0.2) is 0 Å². The summed E-state index contributed by atoms with van der Waals surface area (Å²) >= 11 is 0. The zero-order chi connectivity index (χ0) is 21.2. The summed E-state index contributed by atoms with van der Waals surface area (Å²) in [6.07, 6.45) is 43.7. The van der Waals surface area contributed by atoms with Crippen LogP contribution in [-0.2, 0) is 9.59 Å². The van der Waals surface area contributed by atoms with Gasteiger partial charge >= 0.3 is 0 Å². The topological polar surface area (TPSA) is 34.1 Å². The average Bonchev–Trinajstić information content (AvgIpc) is 2.97. The molecule has 1 aliphatic carbocycles. The second-order valence-electron chi connectivity index (χ2n) is 5.65. The predicted octanol–water partition coefficient (Wildman–Crippen LogP) is 5.10. The third-order valence-electron chi connectivity index (χ3n) is 3.43. The Hall–Kier alpha value is -4.14. The van der Waals surface area contributed by atoms with E-state index in [4.69, 9.17) is 12.8 Å². The van der Waals surface area contributed by atoms with Gasteiger partial charge in [0.15, 0.2) is 0 Å². The minimum atomic E-state index is -0.351. The minimum Gasteiger partial charge on any atom is -0.280 e. The lowest BCUT2D eigenvalue weighted by Gasteiger charge is -2.00. The molecule has 0 saturated heterocycles. The Labute approximate surface area is 173 Å². The van der Waals surface area contributed by atoms with Gasteiger partial charge in [-0.05, 0) is 41.6 Å². The van der Waals surface area contributed by atoms with Gasteiger partial charge in [0.05, 0.1) is 0 Å². The Bertz CT molecular complexity index is 967. The summed E-state index contributed by atoms with van der Waals surface area (Å²) in [6, 6.07) is 0. The quantitative estimate of drug-likeness (QED) is 0.242. The predicted molar refractivity (Wildman–Crippen MR) is 122 cm³/mol. The van der Waals surface area contributed by atoms with Crippen molar-refractivity contribution in [3.8, 4) is 24.7 Å². The normalized spacial score (nSPS) is 15.0. The first kappa shape index (κ1) is 22.9. The molecule has 2 nitrogen and oxygen atoms in total. The number of ketones is 2. The van der Waals surface area contributed by atoms with E-state index < -0.39 is 0 Å². The lowest BCUT2D eigenvalue weighted by molar-refractivity contribution is -0.110. The molecule has 0 aliphatic heterocycles. The SMILES string of the molecule is C#CC(=O)/C=C/C=C/C=C/C=C/C1=CC=CC=C(/C=C/C=C/C=C/C(=O)C#C)C1. The van der Waals surface area contributed by atoms with Crippen molar-refractivity contribution < 1.29 is 9.59 Å². The van der Waals surface area contributed by atoms with Crippen molar-refractivity contribution in [2.24, 2.45) is 0 Å². The summed E-state index contributed by atoms with van der Waals surface area (Å²) in [4.78, 5) is 21.8. The highest BCUT2D eigenvalue weighted by Crippen LogP contribution is 2.17. The van der Waals surface area contributed by atoms with Crippen LogP contribution in [0, 0.1) is 24.7 Å². The molecule has 0 aromatic carbocycles. The standard InChI is InChI=1S/C27H22O2/c1-3-26(28)21-13-8-6-5-7-11-17-24-19-15-16-20-25(23-24)18-12-9-10-14-22-27(29)4-2/h1-2,5-22H,23H2/b7-5+,8-6+,10-9+,17-11+,18-12+,21-13+,22-14+. The Kier molecular flexibility index (Phi) is 11.8. The largest absolute Gasteiger partial charge is 0.280 e. The van der Waals surface area contributed by atoms with Gasteiger partial charge in [0, 0.05) is 0 Å². The molecule has 0 amide bonds. The second kappa shape index (κ2) is 15.0. The Morgan fingerprint density at radius 1 is 0.655 bits per heavy atom. The van der Waals surface area contributed by atoms with E-state index >= 15 is 0 Å². The van der Waals surface area contributed by atoms with E-state index in [1.165, 1.54) is 17.7 Å².